The number of hydrazone groups is 1. The largest absolute Gasteiger partial charge is 0.493 e. The minimum atomic E-state index is 0.661. The first-order valence-corrected chi connectivity index (χ1v) is 8.96. The summed E-state index contributed by atoms with van der Waals surface area (Å²) in [6, 6.07) is 17.8. The zero-order valence-corrected chi connectivity index (χ0v) is 15.2. The van der Waals surface area contributed by atoms with Crippen molar-refractivity contribution in [2.24, 2.45) is 10.1 Å². The molecule has 0 aliphatic carbocycles. The number of aliphatic imine (C=N–C) groups is 1. The summed E-state index contributed by atoms with van der Waals surface area (Å²) < 4.78 is 10.8. The molecule has 0 spiro atoms. The molecule has 0 unspecified atom stereocenters. The molecule has 1 aliphatic rings. The van der Waals surface area contributed by atoms with Gasteiger partial charge in [0, 0.05) is 11.1 Å². The van der Waals surface area contributed by atoms with Gasteiger partial charge in [-0.25, -0.2) is 4.99 Å². The monoisotopic (exact) mass is 363 g/mol. The van der Waals surface area contributed by atoms with Gasteiger partial charge in [0.15, 0.2) is 17.3 Å². The molecule has 0 saturated carbocycles. The second-order valence-corrected chi connectivity index (χ2v) is 6.54. The number of nitrogens with one attached hydrogen (secondary N) is 1. The normalized spacial score (nSPS) is 13.0. The van der Waals surface area contributed by atoms with Crippen molar-refractivity contribution in [3.05, 3.63) is 76.0 Å². The predicted octanol–water partition coefficient (Wildman–Crippen LogP) is 4.20. The van der Waals surface area contributed by atoms with E-state index < -0.39 is 0 Å². The Morgan fingerprint density at radius 1 is 0.923 bits per heavy atom. The Labute approximate surface area is 155 Å². The van der Waals surface area contributed by atoms with Gasteiger partial charge in [-0.3, -0.25) is 5.43 Å². The Morgan fingerprint density at radius 3 is 2.54 bits per heavy atom. The van der Waals surface area contributed by atoms with E-state index in [0.29, 0.717) is 11.5 Å². The third-order valence-corrected chi connectivity index (χ3v) is 4.95. The van der Waals surface area contributed by atoms with Crippen LogP contribution in [0.3, 0.4) is 0 Å². The maximum Gasteiger partial charge on any atom is 0.164 e. The van der Waals surface area contributed by atoms with Crippen LogP contribution in [0, 0.1) is 0 Å². The third kappa shape index (κ3) is 2.95. The lowest BCUT2D eigenvalue weighted by molar-refractivity contribution is 0.355. The molecule has 1 aromatic heterocycles. The number of ether oxygens (including phenoxy) is 2. The Bertz CT molecular complexity index is 994. The van der Waals surface area contributed by atoms with Gasteiger partial charge >= 0.3 is 0 Å². The molecular weight excluding hydrogens is 346 g/mol. The molecule has 1 N–H and O–H groups in total. The fourth-order valence-electron chi connectivity index (χ4n) is 2.81. The molecule has 0 saturated heterocycles. The zero-order valence-electron chi connectivity index (χ0n) is 14.4. The highest BCUT2D eigenvalue weighted by molar-refractivity contribution is 7.12. The number of para-hydroxylation sites is 1. The van der Waals surface area contributed by atoms with Gasteiger partial charge in [-0.2, -0.15) is 5.10 Å². The molecule has 2 aromatic carbocycles. The number of hydrogen-bond acceptors (Lipinski definition) is 6. The molecule has 26 heavy (non-hydrogen) atoms. The maximum atomic E-state index is 5.44. The fraction of sp³-hybridized carbons (Fsp3) is 0.100. The molecule has 0 bridgehead atoms. The lowest BCUT2D eigenvalue weighted by Crippen LogP contribution is -2.18. The standard InChI is InChI=1S/C20H17N3O2S/c1-24-16-10-9-13(12-17(16)25-2)19-14-6-3-4-7-15(14)21-20(23-22-19)18-8-5-11-26-18/h3-12H,1-2H3,(H,21,23). The number of fused-ring (bicyclic) bond motifs is 1. The highest BCUT2D eigenvalue weighted by Crippen LogP contribution is 2.31. The number of rotatable bonds is 4. The van der Waals surface area contributed by atoms with Crippen molar-refractivity contribution in [3.8, 4) is 11.5 Å². The zero-order chi connectivity index (χ0) is 17.9. The van der Waals surface area contributed by atoms with Crippen molar-refractivity contribution >= 4 is 28.6 Å². The molecule has 3 aromatic rings. The van der Waals surface area contributed by atoms with Crippen LogP contribution in [0.2, 0.25) is 0 Å². The van der Waals surface area contributed by atoms with E-state index in [1.165, 1.54) is 0 Å². The number of thiophene rings is 1. The number of methoxy groups -OCH3 is 2. The molecule has 5 nitrogen and oxygen atoms in total. The highest BCUT2D eigenvalue weighted by atomic mass is 32.1. The van der Waals surface area contributed by atoms with Gasteiger partial charge in [0.2, 0.25) is 0 Å². The highest BCUT2D eigenvalue weighted by Gasteiger charge is 2.18. The average Bonchev–Trinajstić information content (AvgIpc) is 3.15. The van der Waals surface area contributed by atoms with Crippen LogP contribution in [0.5, 0.6) is 11.5 Å². The first-order chi connectivity index (χ1) is 12.8. The van der Waals surface area contributed by atoms with Crippen LogP contribution in [0.15, 0.2) is 70.1 Å². The summed E-state index contributed by atoms with van der Waals surface area (Å²) in [7, 11) is 3.25. The van der Waals surface area contributed by atoms with Crippen molar-refractivity contribution < 1.29 is 9.47 Å². The predicted molar refractivity (Wildman–Crippen MR) is 105 cm³/mol. The van der Waals surface area contributed by atoms with E-state index >= 15 is 0 Å². The molecule has 130 valence electrons. The van der Waals surface area contributed by atoms with Crippen LogP contribution in [-0.4, -0.2) is 25.8 Å². The summed E-state index contributed by atoms with van der Waals surface area (Å²) in [5, 5.41) is 6.67. The molecule has 6 heteroatoms. The van der Waals surface area contributed by atoms with E-state index in [2.05, 4.69) is 10.5 Å². The van der Waals surface area contributed by atoms with Gasteiger partial charge in [0.25, 0.3) is 0 Å². The van der Waals surface area contributed by atoms with E-state index in [0.717, 1.165) is 33.2 Å². The van der Waals surface area contributed by atoms with Crippen LogP contribution in [-0.2, 0) is 0 Å². The summed E-state index contributed by atoms with van der Waals surface area (Å²) >= 11 is 1.62. The van der Waals surface area contributed by atoms with Crippen molar-refractivity contribution in [1.82, 2.24) is 5.43 Å². The van der Waals surface area contributed by atoms with Crippen molar-refractivity contribution in [2.45, 2.75) is 0 Å². The first kappa shape index (κ1) is 16.4. The molecule has 0 fully saturated rings. The molecule has 2 heterocycles. The summed E-state index contributed by atoms with van der Waals surface area (Å²) in [5.41, 5.74) is 6.67. The van der Waals surface area contributed by atoms with Crippen LogP contribution in [0.1, 0.15) is 16.0 Å². The van der Waals surface area contributed by atoms with Crippen molar-refractivity contribution in [3.63, 3.8) is 0 Å². The van der Waals surface area contributed by atoms with Crippen LogP contribution in [0.4, 0.5) is 5.69 Å². The minimum Gasteiger partial charge on any atom is -0.493 e. The van der Waals surface area contributed by atoms with E-state index in [1.54, 1.807) is 25.6 Å². The van der Waals surface area contributed by atoms with E-state index in [9.17, 15) is 0 Å². The quantitative estimate of drug-likeness (QED) is 0.756. The minimum absolute atomic E-state index is 0.661. The summed E-state index contributed by atoms with van der Waals surface area (Å²) in [6.45, 7) is 0. The molecule has 0 amide bonds. The SMILES string of the molecule is COc1ccc(C2=NNC(c3cccs3)=Nc3ccccc32)cc1OC. The maximum absolute atomic E-state index is 5.44. The van der Waals surface area contributed by atoms with Gasteiger partial charge in [-0.05, 0) is 35.7 Å². The second kappa shape index (κ2) is 7.01. The average molecular weight is 363 g/mol. The summed E-state index contributed by atoms with van der Waals surface area (Å²) in [5.74, 6) is 2.08. The van der Waals surface area contributed by atoms with Crippen LogP contribution < -0.4 is 14.9 Å². The number of hydrogen-bond donors (Lipinski definition) is 1. The Morgan fingerprint density at radius 2 is 1.77 bits per heavy atom. The molecule has 4 rings (SSSR count). The molecule has 0 radical (unpaired) electrons. The van der Waals surface area contributed by atoms with Gasteiger partial charge in [-0.15, -0.1) is 11.3 Å². The number of benzene rings is 2. The lowest BCUT2D eigenvalue weighted by Gasteiger charge is -2.11. The lowest BCUT2D eigenvalue weighted by atomic mass is 10.0. The van der Waals surface area contributed by atoms with Crippen LogP contribution >= 0.6 is 11.3 Å². The third-order valence-electron chi connectivity index (χ3n) is 4.08. The fourth-order valence-corrected chi connectivity index (χ4v) is 3.48. The Balaban J connectivity index is 1.83. The topological polar surface area (TPSA) is 55.2 Å². The molecule has 1 aliphatic heterocycles. The second-order valence-electron chi connectivity index (χ2n) is 5.60. The van der Waals surface area contributed by atoms with Gasteiger partial charge in [0.1, 0.15) is 5.71 Å². The van der Waals surface area contributed by atoms with E-state index in [-0.39, 0.29) is 0 Å². The van der Waals surface area contributed by atoms with E-state index in [1.807, 2.05) is 60.0 Å². The Kier molecular flexibility index (Phi) is 4.41. The summed E-state index contributed by atoms with van der Waals surface area (Å²) in [6.07, 6.45) is 0. The van der Waals surface area contributed by atoms with Crippen molar-refractivity contribution in [1.29, 1.82) is 0 Å². The van der Waals surface area contributed by atoms with Gasteiger partial charge in [-0.1, -0.05) is 24.3 Å². The smallest absolute Gasteiger partial charge is 0.164 e. The van der Waals surface area contributed by atoms with Gasteiger partial charge < -0.3 is 9.47 Å². The Hall–Kier alpha value is -3.12. The summed E-state index contributed by atoms with van der Waals surface area (Å²) in [4.78, 5) is 5.82. The van der Waals surface area contributed by atoms with Crippen molar-refractivity contribution in [2.75, 3.05) is 14.2 Å². The molecular formula is C20H17N3O2S. The van der Waals surface area contributed by atoms with Gasteiger partial charge in [0.05, 0.1) is 24.8 Å². The first-order valence-electron chi connectivity index (χ1n) is 8.08. The number of amidine groups is 1. The number of nitrogens with zero attached hydrogens (tertiary/aromatic N) is 2. The van der Waals surface area contributed by atoms with E-state index in [4.69, 9.17) is 14.5 Å². The molecule has 0 atom stereocenters. The van der Waals surface area contributed by atoms with Crippen LogP contribution in [0.25, 0.3) is 0 Å².